The molecular weight excluding hydrogens is 156 g/mol. The van der Waals surface area contributed by atoms with Crippen molar-refractivity contribution in [2.75, 3.05) is 0 Å². The van der Waals surface area contributed by atoms with Gasteiger partial charge in [0.05, 0.1) is 5.92 Å². The number of Topliss-reactive ketones (excluding diaryl/α,β-unsaturated/α-hetero) is 1. The van der Waals surface area contributed by atoms with E-state index in [1.54, 1.807) is 6.92 Å². The van der Waals surface area contributed by atoms with Crippen LogP contribution in [0.2, 0.25) is 0 Å². The molecule has 0 spiro atoms. The van der Waals surface area contributed by atoms with E-state index < -0.39 is 5.97 Å². The van der Waals surface area contributed by atoms with Crippen molar-refractivity contribution in [1.82, 2.24) is 0 Å². The van der Waals surface area contributed by atoms with E-state index in [4.69, 9.17) is 5.11 Å². The maximum absolute atomic E-state index is 10.9. The summed E-state index contributed by atoms with van der Waals surface area (Å²) >= 11 is 0. The third kappa shape index (κ3) is 2.06. The van der Waals surface area contributed by atoms with Crippen LogP contribution in [0.15, 0.2) is 0 Å². The molecule has 1 rings (SSSR count). The Balaban J connectivity index is 2.39. The van der Waals surface area contributed by atoms with Crippen LogP contribution >= 0.6 is 0 Å². The summed E-state index contributed by atoms with van der Waals surface area (Å²) < 4.78 is 0. The van der Waals surface area contributed by atoms with Crippen LogP contribution in [0.3, 0.4) is 0 Å². The number of rotatable bonds is 2. The third-order valence-corrected chi connectivity index (χ3v) is 2.65. The van der Waals surface area contributed by atoms with Gasteiger partial charge in [0.2, 0.25) is 0 Å². The molecule has 3 nitrogen and oxygen atoms in total. The first-order valence-corrected chi connectivity index (χ1v) is 4.34. The molecule has 0 heterocycles. The minimum atomic E-state index is -0.711. The lowest BCUT2D eigenvalue weighted by Crippen LogP contribution is -2.24. The van der Waals surface area contributed by atoms with Crippen molar-refractivity contribution in [3.63, 3.8) is 0 Å². The summed E-state index contributed by atoms with van der Waals surface area (Å²) in [4.78, 5) is 21.5. The first-order chi connectivity index (χ1) is 5.61. The normalized spacial score (nSPS) is 29.8. The molecule has 0 aliphatic heterocycles. The second-order valence-corrected chi connectivity index (χ2v) is 3.50. The van der Waals surface area contributed by atoms with Crippen molar-refractivity contribution in [3.05, 3.63) is 0 Å². The predicted molar refractivity (Wildman–Crippen MR) is 43.8 cm³/mol. The van der Waals surface area contributed by atoms with Gasteiger partial charge in [0.25, 0.3) is 0 Å². The zero-order valence-corrected chi connectivity index (χ0v) is 7.25. The lowest BCUT2D eigenvalue weighted by molar-refractivity contribution is -0.143. The van der Waals surface area contributed by atoms with Gasteiger partial charge in [-0.2, -0.15) is 0 Å². The van der Waals surface area contributed by atoms with E-state index in [0.717, 1.165) is 12.8 Å². The fraction of sp³-hybridized carbons (Fsp3) is 0.778. The zero-order chi connectivity index (χ0) is 9.14. The van der Waals surface area contributed by atoms with Crippen LogP contribution in [0.1, 0.15) is 32.6 Å². The lowest BCUT2D eigenvalue weighted by Gasteiger charge is -2.23. The topological polar surface area (TPSA) is 54.4 Å². The van der Waals surface area contributed by atoms with Gasteiger partial charge in [-0.15, -0.1) is 0 Å². The number of carboxylic acids is 1. The summed E-state index contributed by atoms with van der Waals surface area (Å²) in [5, 5.41) is 8.68. The van der Waals surface area contributed by atoms with E-state index in [1.165, 1.54) is 0 Å². The monoisotopic (exact) mass is 170 g/mol. The molecule has 0 radical (unpaired) electrons. The van der Waals surface area contributed by atoms with Gasteiger partial charge in [-0.25, -0.2) is 0 Å². The van der Waals surface area contributed by atoms with Crippen molar-refractivity contribution in [2.24, 2.45) is 11.8 Å². The largest absolute Gasteiger partial charge is 0.481 e. The van der Waals surface area contributed by atoms with E-state index in [2.05, 4.69) is 0 Å². The highest BCUT2D eigenvalue weighted by Crippen LogP contribution is 2.29. The average Bonchev–Trinajstić information content (AvgIpc) is 2.04. The summed E-state index contributed by atoms with van der Waals surface area (Å²) in [7, 11) is 0. The molecule has 3 heteroatoms. The van der Waals surface area contributed by atoms with Crippen LogP contribution in [-0.4, -0.2) is 16.9 Å². The number of ketones is 1. The Kier molecular flexibility index (Phi) is 2.84. The second kappa shape index (κ2) is 3.70. The highest BCUT2D eigenvalue weighted by molar-refractivity contribution is 5.78. The average molecular weight is 170 g/mol. The third-order valence-electron chi connectivity index (χ3n) is 2.65. The second-order valence-electron chi connectivity index (χ2n) is 3.50. The Labute approximate surface area is 71.8 Å². The summed E-state index contributed by atoms with van der Waals surface area (Å²) in [6.45, 7) is 1.59. The van der Waals surface area contributed by atoms with Crippen molar-refractivity contribution in [2.45, 2.75) is 32.6 Å². The number of carbonyl (C=O) groups excluding carboxylic acids is 1. The highest BCUT2D eigenvalue weighted by Gasteiger charge is 2.27. The zero-order valence-electron chi connectivity index (χ0n) is 7.25. The molecular formula is C9H14O3. The molecule has 0 atom stereocenters. The number of hydrogen-bond acceptors (Lipinski definition) is 2. The molecule has 1 saturated carbocycles. The number of hydrogen-bond donors (Lipinski definition) is 1. The Morgan fingerprint density at radius 2 is 1.50 bits per heavy atom. The SMILES string of the molecule is CC(=O)C1CCC(C(=O)O)CC1. The summed E-state index contributed by atoms with van der Waals surface area (Å²) in [6.07, 6.45) is 2.84. The van der Waals surface area contributed by atoms with Gasteiger partial charge >= 0.3 is 5.97 Å². The first kappa shape index (κ1) is 9.23. The fourth-order valence-electron chi connectivity index (χ4n) is 1.75. The molecule has 12 heavy (non-hydrogen) atoms. The van der Waals surface area contributed by atoms with Crippen LogP contribution in [-0.2, 0) is 9.59 Å². The van der Waals surface area contributed by atoms with Gasteiger partial charge in [0, 0.05) is 5.92 Å². The van der Waals surface area contributed by atoms with Gasteiger partial charge in [-0.1, -0.05) is 0 Å². The smallest absolute Gasteiger partial charge is 0.306 e. The number of aliphatic carboxylic acids is 1. The molecule has 1 aliphatic rings. The van der Waals surface area contributed by atoms with Crippen molar-refractivity contribution < 1.29 is 14.7 Å². The van der Waals surface area contributed by atoms with Gasteiger partial charge < -0.3 is 5.11 Å². The van der Waals surface area contributed by atoms with E-state index in [0.29, 0.717) is 12.8 Å². The molecule has 1 N–H and O–H groups in total. The molecule has 0 bridgehead atoms. The minimum Gasteiger partial charge on any atom is -0.481 e. The van der Waals surface area contributed by atoms with E-state index >= 15 is 0 Å². The van der Waals surface area contributed by atoms with Crippen LogP contribution in [0.4, 0.5) is 0 Å². The van der Waals surface area contributed by atoms with Crippen LogP contribution in [0, 0.1) is 11.8 Å². The minimum absolute atomic E-state index is 0.126. The summed E-state index contributed by atoms with van der Waals surface area (Å²) in [5.41, 5.74) is 0. The Morgan fingerprint density at radius 3 is 1.83 bits per heavy atom. The maximum Gasteiger partial charge on any atom is 0.306 e. The molecule has 1 fully saturated rings. The molecule has 0 amide bonds. The molecule has 0 aromatic carbocycles. The predicted octanol–water partition coefficient (Wildman–Crippen LogP) is 1.47. The van der Waals surface area contributed by atoms with Crippen molar-refractivity contribution >= 4 is 11.8 Å². The Hall–Kier alpha value is -0.860. The number of carbonyl (C=O) groups is 2. The quantitative estimate of drug-likeness (QED) is 0.682. The Morgan fingerprint density at radius 1 is 1.08 bits per heavy atom. The summed E-state index contributed by atoms with van der Waals surface area (Å²) in [6, 6.07) is 0. The molecule has 0 unspecified atom stereocenters. The van der Waals surface area contributed by atoms with Crippen molar-refractivity contribution in [1.29, 1.82) is 0 Å². The molecule has 0 saturated heterocycles. The van der Waals surface area contributed by atoms with Gasteiger partial charge in [0.1, 0.15) is 5.78 Å². The summed E-state index contributed by atoms with van der Waals surface area (Å²) in [5.74, 6) is -0.586. The molecule has 1 aliphatic carbocycles. The van der Waals surface area contributed by atoms with E-state index in [1.807, 2.05) is 0 Å². The van der Waals surface area contributed by atoms with Crippen LogP contribution in [0.25, 0.3) is 0 Å². The molecule has 0 aromatic heterocycles. The molecule has 68 valence electrons. The van der Waals surface area contributed by atoms with Gasteiger partial charge in [-0.3, -0.25) is 9.59 Å². The maximum atomic E-state index is 10.9. The first-order valence-electron chi connectivity index (χ1n) is 4.34. The lowest BCUT2D eigenvalue weighted by atomic mass is 9.80. The molecule has 0 aromatic rings. The number of carboxylic acid groups (broad SMARTS) is 1. The van der Waals surface area contributed by atoms with Crippen molar-refractivity contribution in [3.8, 4) is 0 Å². The van der Waals surface area contributed by atoms with E-state index in [9.17, 15) is 9.59 Å². The standard InChI is InChI=1S/C9H14O3/c1-6(10)7-2-4-8(5-3-7)9(11)12/h7-8H,2-5H2,1H3,(H,11,12). The van der Waals surface area contributed by atoms with Gasteiger partial charge in [-0.05, 0) is 32.6 Å². The highest BCUT2D eigenvalue weighted by atomic mass is 16.4. The fourth-order valence-corrected chi connectivity index (χ4v) is 1.75. The van der Waals surface area contributed by atoms with E-state index in [-0.39, 0.29) is 17.6 Å². The van der Waals surface area contributed by atoms with Crippen LogP contribution < -0.4 is 0 Å². The van der Waals surface area contributed by atoms with Crippen LogP contribution in [0.5, 0.6) is 0 Å². The van der Waals surface area contributed by atoms with Gasteiger partial charge in [0.15, 0.2) is 0 Å². The Bertz CT molecular complexity index is 168.